The molecule has 0 aromatic heterocycles. The van der Waals surface area contributed by atoms with Crippen LogP contribution in [0, 0.1) is 25.5 Å². The first kappa shape index (κ1) is 14.5. The second kappa shape index (κ2) is 5.59. The molecule has 2 rings (SSSR count). The quantitative estimate of drug-likeness (QED) is 0.929. The zero-order valence-electron chi connectivity index (χ0n) is 11.7. The van der Waals surface area contributed by atoms with E-state index in [4.69, 9.17) is 10.5 Å². The van der Waals surface area contributed by atoms with Crippen molar-refractivity contribution in [2.24, 2.45) is 5.73 Å². The molecule has 2 nitrogen and oxygen atoms in total. The van der Waals surface area contributed by atoms with Crippen molar-refractivity contribution in [1.29, 1.82) is 0 Å². The molecule has 2 aromatic carbocycles. The fraction of sp³-hybridized carbons (Fsp3) is 0.250. The van der Waals surface area contributed by atoms with Crippen molar-refractivity contribution in [2.75, 3.05) is 7.11 Å². The molecule has 20 heavy (non-hydrogen) atoms. The zero-order chi connectivity index (χ0) is 14.9. The highest BCUT2D eigenvalue weighted by Crippen LogP contribution is 2.31. The lowest BCUT2D eigenvalue weighted by Gasteiger charge is -2.18. The molecular formula is C16H17F2NO. The smallest absolute Gasteiger partial charge is 0.128 e. The maximum absolute atomic E-state index is 14.0. The number of ether oxygens (including phenoxy) is 1. The number of hydrogen-bond acceptors (Lipinski definition) is 2. The van der Waals surface area contributed by atoms with Crippen LogP contribution in [0.5, 0.6) is 5.75 Å². The predicted molar refractivity (Wildman–Crippen MR) is 74.9 cm³/mol. The summed E-state index contributed by atoms with van der Waals surface area (Å²) in [6, 6.07) is 7.00. The van der Waals surface area contributed by atoms with Crippen molar-refractivity contribution in [2.45, 2.75) is 19.9 Å². The molecule has 0 spiro atoms. The lowest BCUT2D eigenvalue weighted by molar-refractivity contribution is 0.407. The minimum atomic E-state index is -0.778. The van der Waals surface area contributed by atoms with Crippen molar-refractivity contribution in [3.8, 4) is 5.75 Å². The largest absolute Gasteiger partial charge is 0.496 e. The summed E-state index contributed by atoms with van der Waals surface area (Å²) in [6.45, 7) is 3.42. The van der Waals surface area contributed by atoms with Crippen molar-refractivity contribution in [3.05, 3.63) is 64.2 Å². The first-order chi connectivity index (χ1) is 9.43. The molecule has 1 unspecified atom stereocenters. The Morgan fingerprint density at radius 1 is 1.00 bits per heavy atom. The Bertz CT molecular complexity index is 641. The van der Waals surface area contributed by atoms with Gasteiger partial charge in [0.15, 0.2) is 0 Å². The van der Waals surface area contributed by atoms with Gasteiger partial charge in [-0.25, -0.2) is 8.78 Å². The Balaban J connectivity index is 2.54. The van der Waals surface area contributed by atoms with E-state index in [0.717, 1.165) is 17.7 Å². The molecule has 0 aliphatic rings. The van der Waals surface area contributed by atoms with Gasteiger partial charge < -0.3 is 10.5 Å². The Hall–Kier alpha value is -1.94. The number of hydrogen-bond donors (Lipinski definition) is 1. The first-order valence-corrected chi connectivity index (χ1v) is 6.29. The summed E-state index contributed by atoms with van der Waals surface area (Å²) in [5.41, 5.74) is 8.09. The van der Waals surface area contributed by atoms with Crippen molar-refractivity contribution >= 4 is 0 Å². The Morgan fingerprint density at radius 2 is 1.70 bits per heavy atom. The third-order valence-electron chi connectivity index (χ3n) is 3.33. The zero-order valence-corrected chi connectivity index (χ0v) is 11.7. The van der Waals surface area contributed by atoms with Gasteiger partial charge in [-0.1, -0.05) is 17.7 Å². The predicted octanol–water partition coefficient (Wildman–Crippen LogP) is 3.64. The molecule has 0 radical (unpaired) electrons. The first-order valence-electron chi connectivity index (χ1n) is 6.29. The molecule has 2 N–H and O–H groups in total. The number of benzene rings is 2. The van der Waals surface area contributed by atoms with Crippen LogP contribution in [0.3, 0.4) is 0 Å². The van der Waals surface area contributed by atoms with Crippen molar-refractivity contribution in [1.82, 2.24) is 0 Å². The van der Waals surface area contributed by atoms with Crippen LogP contribution in [-0.2, 0) is 0 Å². The normalized spacial score (nSPS) is 12.3. The van der Waals surface area contributed by atoms with E-state index in [1.54, 1.807) is 6.07 Å². The van der Waals surface area contributed by atoms with Gasteiger partial charge in [-0.15, -0.1) is 0 Å². The van der Waals surface area contributed by atoms with Gasteiger partial charge in [-0.05, 0) is 37.6 Å². The van der Waals surface area contributed by atoms with E-state index < -0.39 is 17.7 Å². The number of rotatable bonds is 3. The second-order valence-corrected chi connectivity index (χ2v) is 4.85. The van der Waals surface area contributed by atoms with Crippen LogP contribution >= 0.6 is 0 Å². The fourth-order valence-corrected chi connectivity index (χ4v) is 2.16. The number of nitrogens with two attached hydrogens (primary N) is 1. The van der Waals surface area contributed by atoms with Gasteiger partial charge in [0.2, 0.25) is 0 Å². The van der Waals surface area contributed by atoms with Gasteiger partial charge in [-0.3, -0.25) is 0 Å². The maximum atomic E-state index is 14.0. The van der Waals surface area contributed by atoms with Crippen LogP contribution in [-0.4, -0.2) is 7.11 Å². The van der Waals surface area contributed by atoms with Gasteiger partial charge in [0.05, 0.1) is 13.2 Å². The fourth-order valence-electron chi connectivity index (χ4n) is 2.16. The number of methoxy groups -OCH3 is 1. The summed E-state index contributed by atoms with van der Waals surface area (Å²) in [5.74, 6) is -0.424. The van der Waals surface area contributed by atoms with Gasteiger partial charge in [-0.2, -0.15) is 0 Å². The SMILES string of the molecule is COc1ccc(C)cc1C(N)c1cc(F)c(C)cc1F. The standard InChI is InChI=1S/C16H17F2NO/c1-9-4-5-15(20-3)12(6-9)16(19)11-8-13(17)10(2)7-14(11)18/h4-8,16H,19H2,1-3H3. The van der Waals surface area contributed by atoms with Crippen LogP contribution in [0.15, 0.2) is 30.3 Å². The van der Waals surface area contributed by atoms with Gasteiger partial charge in [0, 0.05) is 11.1 Å². The minimum Gasteiger partial charge on any atom is -0.496 e. The Labute approximate surface area is 117 Å². The minimum absolute atomic E-state index is 0.122. The van der Waals surface area contributed by atoms with E-state index in [1.807, 2.05) is 19.1 Å². The Morgan fingerprint density at radius 3 is 2.35 bits per heavy atom. The summed E-state index contributed by atoms with van der Waals surface area (Å²) in [5, 5.41) is 0. The van der Waals surface area contributed by atoms with Crippen LogP contribution in [0.4, 0.5) is 8.78 Å². The summed E-state index contributed by atoms with van der Waals surface area (Å²) >= 11 is 0. The summed E-state index contributed by atoms with van der Waals surface area (Å²) in [4.78, 5) is 0. The Kier molecular flexibility index (Phi) is 4.04. The maximum Gasteiger partial charge on any atom is 0.128 e. The van der Waals surface area contributed by atoms with E-state index in [2.05, 4.69) is 0 Å². The molecule has 2 aromatic rings. The highest BCUT2D eigenvalue weighted by atomic mass is 19.1. The van der Waals surface area contributed by atoms with E-state index >= 15 is 0 Å². The van der Waals surface area contributed by atoms with Gasteiger partial charge >= 0.3 is 0 Å². The molecule has 0 amide bonds. The lowest BCUT2D eigenvalue weighted by atomic mass is 9.96. The van der Waals surface area contributed by atoms with E-state index in [0.29, 0.717) is 11.3 Å². The third-order valence-corrected chi connectivity index (χ3v) is 3.33. The molecule has 0 saturated heterocycles. The third kappa shape index (κ3) is 2.65. The van der Waals surface area contributed by atoms with Gasteiger partial charge in [0.1, 0.15) is 17.4 Å². The van der Waals surface area contributed by atoms with Crippen LogP contribution < -0.4 is 10.5 Å². The number of aryl methyl sites for hydroxylation is 2. The van der Waals surface area contributed by atoms with E-state index in [1.165, 1.54) is 14.0 Å². The topological polar surface area (TPSA) is 35.2 Å². The summed E-state index contributed by atoms with van der Waals surface area (Å²) in [7, 11) is 1.52. The molecule has 0 fully saturated rings. The van der Waals surface area contributed by atoms with E-state index in [9.17, 15) is 8.78 Å². The lowest BCUT2D eigenvalue weighted by Crippen LogP contribution is -2.15. The van der Waals surface area contributed by atoms with Crippen molar-refractivity contribution in [3.63, 3.8) is 0 Å². The molecule has 0 bridgehead atoms. The average molecular weight is 277 g/mol. The molecule has 0 aliphatic heterocycles. The molecule has 4 heteroatoms. The second-order valence-electron chi connectivity index (χ2n) is 4.85. The summed E-state index contributed by atoms with van der Waals surface area (Å²) in [6.07, 6.45) is 0. The van der Waals surface area contributed by atoms with Crippen LogP contribution in [0.2, 0.25) is 0 Å². The average Bonchev–Trinajstić information content (AvgIpc) is 2.42. The molecule has 0 saturated carbocycles. The molecular weight excluding hydrogens is 260 g/mol. The molecule has 1 atom stereocenters. The molecule has 0 heterocycles. The van der Waals surface area contributed by atoms with Crippen molar-refractivity contribution < 1.29 is 13.5 Å². The summed E-state index contributed by atoms with van der Waals surface area (Å²) < 4.78 is 32.9. The molecule has 0 aliphatic carbocycles. The highest BCUT2D eigenvalue weighted by Gasteiger charge is 2.19. The number of halogens is 2. The molecule has 106 valence electrons. The van der Waals surface area contributed by atoms with E-state index in [-0.39, 0.29) is 11.1 Å². The highest BCUT2D eigenvalue weighted by molar-refractivity contribution is 5.44. The monoisotopic (exact) mass is 277 g/mol. The van der Waals surface area contributed by atoms with Crippen LogP contribution in [0.1, 0.15) is 28.3 Å². The van der Waals surface area contributed by atoms with Gasteiger partial charge in [0.25, 0.3) is 0 Å². The van der Waals surface area contributed by atoms with Crippen LogP contribution in [0.25, 0.3) is 0 Å².